The van der Waals surface area contributed by atoms with Gasteiger partial charge in [0.25, 0.3) is 0 Å². The number of rotatable bonds is 8. The lowest BCUT2D eigenvalue weighted by molar-refractivity contribution is -0.144. The highest BCUT2D eigenvalue weighted by Crippen LogP contribution is 2.39. The fraction of sp³-hybridized carbons (Fsp3) is 0.333. The quantitative estimate of drug-likeness (QED) is 0.568. The maximum atomic E-state index is 12.9. The smallest absolute Gasteiger partial charge is 0.493 e. The van der Waals surface area contributed by atoms with Crippen LogP contribution in [-0.4, -0.2) is 50.0 Å². The lowest BCUT2D eigenvalue weighted by Gasteiger charge is -2.25. The van der Waals surface area contributed by atoms with Crippen molar-refractivity contribution in [3.8, 4) is 5.75 Å². The normalized spacial score (nSPS) is 24.5. The van der Waals surface area contributed by atoms with Crippen LogP contribution in [0.1, 0.15) is 18.4 Å². The highest BCUT2D eigenvalue weighted by atomic mass is 32.2. The Balaban J connectivity index is 1.39. The van der Waals surface area contributed by atoms with Crippen molar-refractivity contribution >= 4 is 22.1 Å². The Hall–Kier alpha value is -3.18. The zero-order valence-corrected chi connectivity index (χ0v) is 17.5. The van der Waals surface area contributed by atoms with Gasteiger partial charge in [-0.1, -0.05) is 12.1 Å². The van der Waals surface area contributed by atoms with Gasteiger partial charge >= 0.3 is 12.1 Å². The minimum Gasteiger partial charge on any atom is -0.493 e. The van der Waals surface area contributed by atoms with E-state index in [4.69, 9.17) is 14.2 Å². The number of nitrogens with one attached hydrogen (secondary N) is 1. The van der Waals surface area contributed by atoms with Crippen LogP contribution in [0.5, 0.6) is 5.75 Å². The number of sulfonamides is 1. The summed E-state index contributed by atoms with van der Waals surface area (Å²) in [7, 11) is -4.19. The second kappa shape index (κ2) is 8.40. The second-order valence-corrected chi connectivity index (χ2v) is 9.34. The third-order valence-electron chi connectivity index (χ3n) is 5.46. The lowest BCUT2D eigenvalue weighted by Crippen LogP contribution is -2.53. The summed E-state index contributed by atoms with van der Waals surface area (Å²) in [6.07, 6.45) is -2.46. The number of carboxylic acids is 1. The highest BCUT2D eigenvalue weighted by Gasteiger charge is 2.58. The number of carboxylic acid groups (broad SMARTS) is 1. The molecule has 1 aliphatic carbocycles. The molecule has 32 heavy (non-hydrogen) atoms. The molecule has 4 rings (SSSR count). The first kappa shape index (κ1) is 22.0. The van der Waals surface area contributed by atoms with Gasteiger partial charge in [0.05, 0.1) is 11.5 Å². The monoisotopic (exact) mass is 465 g/mol. The van der Waals surface area contributed by atoms with E-state index in [1.165, 1.54) is 36.4 Å². The van der Waals surface area contributed by atoms with E-state index in [-0.39, 0.29) is 23.6 Å². The first-order chi connectivity index (χ1) is 15.2. The van der Waals surface area contributed by atoms with Crippen LogP contribution in [0.25, 0.3) is 0 Å². The van der Waals surface area contributed by atoms with Gasteiger partial charge in [0, 0.05) is 19.3 Å². The Labute approximate surface area is 183 Å². The largest absolute Gasteiger partial charge is 0.509 e. The van der Waals surface area contributed by atoms with Gasteiger partial charge in [0.15, 0.2) is 0 Å². The summed E-state index contributed by atoms with van der Waals surface area (Å²) >= 11 is 0. The molecule has 0 radical (unpaired) electrons. The minimum atomic E-state index is -4.19. The number of hydrogen-bond donors (Lipinski definition) is 2. The number of carbonyl (C=O) groups is 2. The van der Waals surface area contributed by atoms with Crippen LogP contribution in [0.3, 0.4) is 0 Å². The third kappa shape index (κ3) is 4.53. The predicted octanol–water partition coefficient (Wildman–Crippen LogP) is 2.25. The second-order valence-electron chi connectivity index (χ2n) is 7.66. The van der Waals surface area contributed by atoms with Crippen molar-refractivity contribution in [1.82, 2.24) is 4.72 Å². The average Bonchev–Trinajstić information content (AvgIpc) is 3.24. The maximum Gasteiger partial charge on any atom is 0.509 e. The Morgan fingerprint density at radius 1 is 1.09 bits per heavy atom. The van der Waals surface area contributed by atoms with Crippen molar-refractivity contribution in [1.29, 1.82) is 0 Å². The Morgan fingerprint density at radius 3 is 2.25 bits per heavy atom. The van der Waals surface area contributed by atoms with Crippen molar-refractivity contribution in [2.75, 3.05) is 6.61 Å². The molecule has 1 aliphatic heterocycles. The molecule has 0 bridgehead atoms. The maximum absolute atomic E-state index is 12.9. The molecule has 0 aromatic heterocycles. The molecular weight excluding hydrogens is 445 g/mol. The van der Waals surface area contributed by atoms with Gasteiger partial charge in [-0.15, -0.1) is 0 Å². The Morgan fingerprint density at radius 2 is 1.69 bits per heavy atom. The fourth-order valence-electron chi connectivity index (χ4n) is 3.81. The lowest BCUT2D eigenvalue weighted by atomic mass is 9.99. The van der Waals surface area contributed by atoms with E-state index in [0.29, 0.717) is 18.8 Å². The number of aliphatic carboxylic acids is 1. The van der Waals surface area contributed by atoms with E-state index in [1.54, 1.807) is 12.1 Å². The van der Waals surface area contributed by atoms with Crippen molar-refractivity contribution < 1.29 is 41.7 Å². The third-order valence-corrected chi connectivity index (χ3v) is 7.01. The van der Waals surface area contributed by atoms with Crippen LogP contribution in [0.4, 0.5) is 9.18 Å². The van der Waals surface area contributed by atoms with Crippen molar-refractivity contribution in [3.63, 3.8) is 0 Å². The molecule has 9 nitrogen and oxygen atoms in total. The van der Waals surface area contributed by atoms with Gasteiger partial charge in [0.2, 0.25) is 10.0 Å². The van der Waals surface area contributed by atoms with Gasteiger partial charge in [-0.3, -0.25) is 4.79 Å². The summed E-state index contributed by atoms with van der Waals surface area (Å²) in [5.74, 6) is -1.27. The molecule has 1 saturated heterocycles. The molecule has 170 valence electrons. The molecule has 0 amide bonds. The molecule has 2 unspecified atom stereocenters. The number of benzene rings is 2. The molecule has 1 heterocycles. The number of hydrogen-bond acceptors (Lipinski definition) is 7. The predicted molar refractivity (Wildman–Crippen MR) is 107 cm³/mol. The standard InChI is InChI=1S/C21H20FNO8S/c22-14-3-1-13(2-4-14)9-10-29-15-5-7-16(8-6-15)32(27,28)23-21(19(24)25)11-17-18(12-21)31-20(26)30-17/h1-8,17-18,23H,9-12H2,(H,24,25). The van der Waals surface area contributed by atoms with Gasteiger partial charge in [-0.2, -0.15) is 4.72 Å². The fourth-order valence-corrected chi connectivity index (χ4v) is 5.19. The summed E-state index contributed by atoms with van der Waals surface area (Å²) in [6, 6.07) is 11.6. The topological polar surface area (TPSA) is 128 Å². The molecular formula is C21H20FNO8S. The SMILES string of the molecule is O=C1OC2CC(NS(=O)(=O)c3ccc(OCCc4ccc(F)cc4)cc3)(C(=O)O)CC2O1. The Kier molecular flexibility index (Phi) is 5.78. The minimum absolute atomic E-state index is 0.140. The molecule has 2 N–H and O–H groups in total. The summed E-state index contributed by atoms with van der Waals surface area (Å²) in [5, 5.41) is 9.68. The summed E-state index contributed by atoms with van der Waals surface area (Å²) < 4.78 is 56.2. The van der Waals surface area contributed by atoms with Crippen LogP contribution < -0.4 is 9.46 Å². The van der Waals surface area contributed by atoms with Crippen LogP contribution in [0.15, 0.2) is 53.4 Å². The molecule has 2 aliphatic rings. The zero-order chi connectivity index (χ0) is 22.9. The van der Waals surface area contributed by atoms with E-state index in [1.807, 2.05) is 0 Å². The highest BCUT2D eigenvalue weighted by molar-refractivity contribution is 7.89. The van der Waals surface area contributed by atoms with Crippen LogP contribution in [0, 0.1) is 5.82 Å². The molecule has 11 heteroatoms. The van der Waals surface area contributed by atoms with Crippen molar-refractivity contribution in [2.24, 2.45) is 0 Å². The van der Waals surface area contributed by atoms with Gasteiger partial charge in [-0.05, 0) is 42.0 Å². The molecule has 2 atom stereocenters. The van der Waals surface area contributed by atoms with Crippen molar-refractivity contribution in [3.05, 3.63) is 59.9 Å². The summed E-state index contributed by atoms with van der Waals surface area (Å²) in [6.45, 7) is 0.305. The van der Waals surface area contributed by atoms with Gasteiger partial charge < -0.3 is 19.3 Å². The van der Waals surface area contributed by atoms with E-state index in [9.17, 15) is 27.5 Å². The van der Waals surface area contributed by atoms with Crippen LogP contribution >= 0.6 is 0 Å². The van der Waals surface area contributed by atoms with E-state index >= 15 is 0 Å². The van der Waals surface area contributed by atoms with E-state index < -0.39 is 39.9 Å². The number of carbonyl (C=O) groups excluding carboxylic acids is 1. The Bertz CT molecular complexity index is 1100. The van der Waals surface area contributed by atoms with Gasteiger partial charge in [0.1, 0.15) is 29.3 Å². The first-order valence-corrected chi connectivity index (χ1v) is 11.3. The average molecular weight is 465 g/mol. The molecule has 2 fully saturated rings. The van der Waals surface area contributed by atoms with Crippen LogP contribution in [-0.2, 0) is 30.7 Å². The summed E-state index contributed by atoms with van der Waals surface area (Å²) in [4.78, 5) is 22.9. The van der Waals surface area contributed by atoms with Crippen molar-refractivity contribution in [2.45, 2.75) is 41.9 Å². The number of fused-ring (bicyclic) bond motifs is 1. The zero-order valence-electron chi connectivity index (χ0n) is 16.7. The molecule has 1 saturated carbocycles. The first-order valence-electron chi connectivity index (χ1n) is 9.79. The summed E-state index contributed by atoms with van der Waals surface area (Å²) in [5.41, 5.74) is -0.955. The molecule has 2 aromatic rings. The number of halogens is 1. The molecule has 2 aromatic carbocycles. The number of ether oxygens (including phenoxy) is 3. The van der Waals surface area contributed by atoms with E-state index in [2.05, 4.69) is 4.72 Å². The van der Waals surface area contributed by atoms with Crippen LogP contribution in [0.2, 0.25) is 0 Å². The van der Waals surface area contributed by atoms with Gasteiger partial charge in [-0.25, -0.2) is 17.6 Å². The molecule has 0 spiro atoms. The van der Waals surface area contributed by atoms with E-state index in [0.717, 1.165) is 5.56 Å².